The minimum Gasteiger partial charge on any atom is -0.490 e. The van der Waals surface area contributed by atoms with E-state index in [1.807, 2.05) is 74.5 Å². The van der Waals surface area contributed by atoms with Crippen molar-refractivity contribution >= 4 is 23.9 Å². The smallest absolute Gasteiger partial charge is 0.333 e. The van der Waals surface area contributed by atoms with Gasteiger partial charge in [-0.25, -0.2) is 9.59 Å². The number of hydrogen-bond acceptors (Lipinski definition) is 12. The van der Waals surface area contributed by atoms with Crippen molar-refractivity contribution < 1.29 is 57.1 Å². The number of unbranched alkanes of at least 4 members (excludes halogenated alkanes) is 6. The number of ether oxygens (including phenoxy) is 8. The number of hydrogen-bond donors (Lipinski definition) is 0. The molecule has 3 aliphatic rings. The number of benzene rings is 2. The van der Waals surface area contributed by atoms with Gasteiger partial charge >= 0.3 is 23.9 Å². The lowest BCUT2D eigenvalue weighted by atomic mass is 9.82. The van der Waals surface area contributed by atoms with Crippen molar-refractivity contribution in [3.63, 3.8) is 0 Å². The largest absolute Gasteiger partial charge is 0.490 e. The highest BCUT2D eigenvalue weighted by molar-refractivity contribution is 5.87. The van der Waals surface area contributed by atoms with Gasteiger partial charge in [-0.05, 0) is 133 Å². The van der Waals surface area contributed by atoms with Crippen LogP contribution in [0.2, 0.25) is 0 Å². The molecule has 368 valence electrons. The van der Waals surface area contributed by atoms with E-state index in [1.165, 1.54) is 23.7 Å². The molecule has 6 atom stereocenters. The lowest BCUT2D eigenvalue weighted by molar-refractivity contribution is -0.155. The third kappa shape index (κ3) is 23.7. The van der Waals surface area contributed by atoms with E-state index in [-0.39, 0.29) is 37.1 Å². The highest BCUT2D eigenvalue weighted by atomic mass is 16.6. The highest BCUT2D eigenvalue weighted by Crippen LogP contribution is 2.58. The molecule has 3 saturated carbocycles. The summed E-state index contributed by atoms with van der Waals surface area (Å²) in [7, 11) is 0. The Morgan fingerprint density at radius 1 is 0.545 bits per heavy atom. The molecule has 66 heavy (non-hydrogen) atoms. The van der Waals surface area contributed by atoms with Gasteiger partial charge in [-0.1, -0.05) is 81.7 Å². The lowest BCUT2D eigenvalue weighted by Crippen LogP contribution is -2.30. The Balaban J connectivity index is 0.000000287. The van der Waals surface area contributed by atoms with Crippen molar-refractivity contribution in [2.24, 2.45) is 23.7 Å². The fourth-order valence-electron chi connectivity index (χ4n) is 8.68. The first-order valence-corrected chi connectivity index (χ1v) is 24.6. The molecule has 3 aliphatic carbocycles. The van der Waals surface area contributed by atoms with Crippen LogP contribution in [0, 0.1) is 23.7 Å². The Bertz CT molecular complexity index is 1560. The zero-order chi connectivity index (χ0) is 47.8. The summed E-state index contributed by atoms with van der Waals surface area (Å²) in [6.07, 6.45) is 15.9. The number of carbonyl (C=O) groups is 4. The summed E-state index contributed by atoms with van der Waals surface area (Å²) < 4.78 is 43.1. The Hall–Kier alpha value is -4.68. The Morgan fingerprint density at radius 2 is 0.939 bits per heavy atom. The van der Waals surface area contributed by atoms with Crippen molar-refractivity contribution in [2.45, 2.75) is 143 Å². The third-order valence-corrected chi connectivity index (χ3v) is 12.0. The molecule has 0 radical (unpaired) electrons. The minimum absolute atomic E-state index is 0.254. The van der Waals surface area contributed by atoms with E-state index >= 15 is 0 Å². The van der Waals surface area contributed by atoms with Crippen LogP contribution in [0.4, 0.5) is 0 Å². The summed E-state index contributed by atoms with van der Waals surface area (Å²) in [5, 5.41) is 0. The summed E-state index contributed by atoms with van der Waals surface area (Å²) in [6, 6.07) is 18.8. The molecule has 0 aromatic heterocycles. The van der Waals surface area contributed by atoms with Gasteiger partial charge in [-0.2, -0.15) is 0 Å². The Labute approximate surface area is 395 Å². The van der Waals surface area contributed by atoms with Crippen LogP contribution in [0.3, 0.4) is 0 Å². The number of carbonyl (C=O) groups excluding carboxylic acids is 4. The van der Waals surface area contributed by atoms with Crippen molar-refractivity contribution in [3.05, 3.63) is 85.0 Å². The third-order valence-electron chi connectivity index (χ3n) is 12.0. The predicted molar refractivity (Wildman–Crippen MR) is 256 cm³/mol. The number of esters is 4. The average Bonchev–Trinajstić information content (AvgIpc) is 4.09. The zero-order valence-electron chi connectivity index (χ0n) is 40.5. The summed E-state index contributed by atoms with van der Waals surface area (Å²) in [4.78, 5) is 46.6. The molecule has 0 aliphatic heterocycles. The second-order valence-electron chi connectivity index (χ2n) is 17.5. The van der Waals surface area contributed by atoms with Gasteiger partial charge in [0.15, 0.2) is 12.2 Å². The first kappa shape index (κ1) is 55.6. The van der Waals surface area contributed by atoms with E-state index in [0.717, 1.165) is 62.9 Å². The highest BCUT2D eigenvalue weighted by Gasteiger charge is 2.48. The molecular formula is C54H80O12. The fourth-order valence-corrected chi connectivity index (χ4v) is 8.68. The van der Waals surface area contributed by atoms with Gasteiger partial charge in [-0.15, -0.1) is 0 Å². The molecule has 0 amide bonds. The van der Waals surface area contributed by atoms with Crippen LogP contribution in [-0.2, 0) is 47.6 Å². The lowest BCUT2D eigenvalue weighted by Gasteiger charge is -2.23. The second-order valence-corrected chi connectivity index (χ2v) is 17.5. The molecule has 3 fully saturated rings. The molecule has 2 bridgehead atoms. The van der Waals surface area contributed by atoms with E-state index in [2.05, 4.69) is 13.2 Å². The van der Waals surface area contributed by atoms with Crippen LogP contribution in [0.15, 0.2) is 85.0 Å². The van der Waals surface area contributed by atoms with Gasteiger partial charge in [0.25, 0.3) is 0 Å². The van der Waals surface area contributed by atoms with Gasteiger partial charge < -0.3 is 37.9 Å². The van der Waals surface area contributed by atoms with E-state index < -0.39 is 12.2 Å². The average molecular weight is 921 g/mol. The van der Waals surface area contributed by atoms with Crippen LogP contribution in [-0.4, -0.2) is 88.9 Å². The van der Waals surface area contributed by atoms with Crippen molar-refractivity contribution in [3.8, 4) is 11.5 Å². The quantitative estimate of drug-likeness (QED) is 0.0318. The summed E-state index contributed by atoms with van der Waals surface area (Å²) in [5.41, 5.74) is 0.807. The molecule has 6 unspecified atom stereocenters. The van der Waals surface area contributed by atoms with Gasteiger partial charge in [0.05, 0.1) is 26.4 Å². The predicted octanol–water partition coefficient (Wildman–Crippen LogP) is 11.0. The molecule has 0 spiro atoms. The Kier molecular flexibility index (Phi) is 28.4. The van der Waals surface area contributed by atoms with Crippen molar-refractivity contribution in [1.82, 2.24) is 0 Å². The normalized spacial score (nSPS) is 18.5. The van der Waals surface area contributed by atoms with Crippen LogP contribution in [0.25, 0.3) is 0 Å². The van der Waals surface area contributed by atoms with Crippen LogP contribution >= 0.6 is 0 Å². The van der Waals surface area contributed by atoms with Crippen LogP contribution < -0.4 is 9.47 Å². The van der Waals surface area contributed by atoms with Crippen LogP contribution in [0.5, 0.6) is 11.5 Å². The molecule has 2 aromatic carbocycles. The maximum Gasteiger partial charge on any atom is 0.333 e. The van der Waals surface area contributed by atoms with E-state index in [4.69, 9.17) is 37.9 Å². The molecular weight excluding hydrogens is 841 g/mol. The number of rotatable bonds is 30. The minimum atomic E-state index is -0.436. The van der Waals surface area contributed by atoms with Crippen molar-refractivity contribution in [2.75, 3.05) is 52.9 Å². The molecule has 5 rings (SSSR count). The monoisotopic (exact) mass is 921 g/mol. The topological polar surface area (TPSA) is 142 Å². The Morgan fingerprint density at radius 3 is 1.32 bits per heavy atom. The molecule has 12 heteroatoms. The summed E-state index contributed by atoms with van der Waals surface area (Å²) in [5.74, 6) is 5.03. The molecule has 0 saturated heterocycles. The van der Waals surface area contributed by atoms with Gasteiger partial charge in [0, 0.05) is 37.2 Å². The molecule has 0 N–H and O–H groups in total. The standard InChI is InChI=1S/2C22H32O6.C10H16/c2*1-4-25-16-20(17-27-19-12-8-7-9-13-19)28-21(23)14-10-5-6-11-15-26-22(24)18(2)3;1-2-9-7-4-5-8(6-7)10(9)3-1/h2*7-9,12-13,20H,2,4-6,10-11,14-17H2,1,3H3;7-10H,1-6H2. The SMILES string of the molecule is C1CC2C3CCC(C3)C2C1.C=C(C)C(=O)OCCCCCCC(=O)OC(COCC)COc1ccccc1.C=C(C)C(=O)OCCCCCCC(=O)OC(COCC)COc1ccccc1. The van der Waals surface area contributed by atoms with Crippen molar-refractivity contribution in [1.29, 1.82) is 0 Å². The molecule has 12 nitrogen and oxygen atoms in total. The maximum atomic E-state index is 12.1. The van der Waals surface area contributed by atoms with E-state index in [9.17, 15) is 19.2 Å². The second kappa shape index (κ2) is 33.7. The first-order chi connectivity index (χ1) is 32.0. The molecule has 0 heterocycles. The van der Waals surface area contributed by atoms with Gasteiger partial charge in [-0.3, -0.25) is 9.59 Å². The molecule has 2 aromatic rings. The number of fused-ring (bicyclic) bond motifs is 5. The number of para-hydroxylation sites is 2. The fraction of sp³-hybridized carbons (Fsp3) is 0.630. The summed E-state index contributed by atoms with van der Waals surface area (Å²) in [6.45, 7) is 17.1. The van der Waals surface area contributed by atoms with Gasteiger partial charge in [0.1, 0.15) is 24.7 Å². The van der Waals surface area contributed by atoms with E-state index in [0.29, 0.717) is 63.6 Å². The van der Waals surface area contributed by atoms with Gasteiger partial charge in [0.2, 0.25) is 0 Å². The maximum absolute atomic E-state index is 12.1. The van der Waals surface area contributed by atoms with Crippen LogP contribution in [0.1, 0.15) is 130 Å². The zero-order valence-corrected chi connectivity index (χ0v) is 40.5. The summed E-state index contributed by atoms with van der Waals surface area (Å²) >= 11 is 0. The van der Waals surface area contributed by atoms with E-state index in [1.54, 1.807) is 52.4 Å². The first-order valence-electron chi connectivity index (χ1n) is 24.6.